The minimum atomic E-state index is -4.68. The maximum Gasteiger partial charge on any atom is 0.416 e. The predicted octanol–water partition coefficient (Wildman–Crippen LogP) is 6.50. The molecule has 0 amide bonds. The van der Waals surface area contributed by atoms with Gasteiger partial charge in [0.1, 0.15) is 0 Å². The van der Waals surface area contributed by atoms with Gasteiger partial charge in [-0.2, -0.15) is 26.3 Å². The second-order valence-electron chi connectivity index (χ2n) is 4.31. The fraction of sp³-hybridized carbons (Fsp3) is 0.143. The number of halogens is 8. The number of hydrogen-bond donors (Lipinski definition) is 0. The van der Waals surface area contributed by atoms with E-state index < -0.39 is 23.5 Å². The molecule has 0 saturated carbocycles. The number of benzene rings is 2. The summed E-state index contributed by atoms with van der Waals surface area (Å²) in [5.74, 6) is 0. The van der Waals surface area contributed by atoms with Gasteiger partial charge in [-0.3, -0.25) is 0 Å². The Morgan fingerprint density at radius 3 is 1.86 bits per heavy atom. The second-order valence-corrected chi connectivity index (χ2v) is 5.09. The van der Waals surface area contributed by atoms with Crippen molar-refractivity contribution in [2.75, 3.05) is 0 Å². The molecule has 0 aliphatic rings. The van der Waals surface area contributed by atoms with Crippen molar-refractivity contribution in [2.24, 2.45) is 0 Å². The third-order valence-electron chi connectivity index (χ3n) is 2.80. The van der Waals surface area contributed by atoms with E-state index >= 15 is 0 Å². The molecule has 0 saturated heterocycles. The van der Waals surface area contributed by atoms with Crippen LogP contribution in [0, 0.1) is 6.07 Å². The lowest BCUT2D eigenvalue weighted by Crippen LogP contribution is -2.06. The topological polar surface area (TPSA) is 0 Å². The minimum Gasteiger partial charge on any atom is -0.166 e. The van der Waals surface area contributed by atoms with Gasteiger partial charge in [0.15, 0.2) is 0 Å². The summed E-state index contributed by atoms with van der Waals surface area (Å²) in [6.07, 6.45) is -9.33. The molecule has 1 radical (unpaired) electrons. The van der Waals surface area contributed by atoms with Crippen LogP contribution >= 0.6 is 23.2 Å². The van der Waals surface area contributed by atoms with Gasteiger partial charge in [0.25, 0.3) is 0 Å². The Balaban J connectivity index is 2.66. The lowest BCUT2D eigenvalue weighted by atomic mass is 10.0. The number of hydrogen-bond acceptors (Lipinski definition) is 0. The Bertz CT molecular complexity index is 642. The van der Waals surface area contributed by atoms with Crippen molar-refractivity contribution in [1.82, 2.24) is 0 Å². The summed E-state index contributed by atoms with van der Waals surface area (Å²) in [7, 11) is 0. The Morgan fingerprint density at radius 1 is 0.773 bits per heavy atom. The number of alkyl halides is 6. The SMILES string of the molecule is FC(F)(F)c1c[c]c(Cl)c(-c2cc(C(F)(F)F)ccc2Cl)c1. The van der Waals surface area contributed by atoms with E-state index in [0.29, 0.717) is 18.2 Å². The molecule has 0 heterocycles. The van der Waals surface area contributed by atoms with Crippen LogP contribution < -0.4 is 0 Å². The lowest BCUT2D eigenvalue weighted by molar-refractivity contribution is -0.138. The lowest BCUT2D eigenvalue weighted by Gasteiger charge is -2.14. The van der Waals surface area contributed by atoms with Gasteiger partial charge in [0, 0.05) is 22.2 Å². The molecular formula is C14H5Cl2F6. The fourth-order valence-corrected chi connectivity index (χ4v) is 2.18. The Labute approximate surface area is 131 Å². The van der Waals surface area contributed by atoms with Crippen LogP contribution in [0.15, 0.2) is 30.3 Å². The summed E-state index contributed by atoms with van der Waals surface area (Å²) in [6.45, 7) is 0. The van der Waals surface area contributed by atoms with E-state index in [-0.39, 0.29) is 21.2 Å². The van der Waals surface area contributed by atoms with Crippen LogP contribution in [-0.4, -0.2) is 0 Å². The van der Waals surface area contributed by atoms with Crippen LogP contribution in [0.3, 0.4) is 0 Å². The maximum absolute atomic E-state index is 12.7. The molecular weight excluding hydrogens is 353 g/mol. The molecule has 22 heavy (non-hydrogen) atoms. The van der Waals surface area contributed by atoms with Crippen molar-refractivity contribution in [1.29, 1.82) is 0 Å². The molecule has 0 aromatic heterocycles. The van der Waals surface area contributed by atoms with E-state index in [9.17, 15) is 26.3 Å². The average molecular weight is 358 g/mol. The van der Waals surface area contributed by atoms with Crippen molar-refractivity contribution in [3.05, 3.63) is 57.6 Å². The van der Waals surface area contributed by atoms with Crippen LogP contribution in [0.25, 0.3) is 11.1 Å². The van der Waals surface area contributed by atoms with Gasteiger partial charge in [-0.05, 0) is 30.3 Å². The van der Waals surface area contributed by atoms with Crippen LogP contribution in [-0.2, 0) is 12.4 Å². The standard InChI is InChI=1S/C14H5Cl2F6/c15-11-3-1-7(13(17,18)19)5-9(11)10-6-8(14(20,21)22)2-4-12(10)16/h1-3,5-6H. The molecule has 117 valence electrons. The zero-order valence-electron chi connectivity index (χ0n) is 10.4. The van der Waals surface area contributed by atoms with E-state index in [4.69, 9.17) is 23.2 Å². The van der Waals surface area contributed by atoms with Crippen molar-refractivity contribution < 1.29 is 26.3 Å². The maximum atomic E-state index is 12.7. The van der Waals surface area contributed by atoms with Gasteiger partial charge >= 0.3 is 12.4 Å². The monoisotopic (exact) mass is 357 g/mol. The summed E-state index contributed by atoms with van der Waals surface area (Å²) in [4.78, 5) is 0. The minimum absolute atomic E-state index is 0.150. The van der Waals surface area contributed by atoms with Crippen molar-refractivity contribution in [2.45, 2.75) is 12.4 Å². The van der Waals surface area contributed by atoms with Crippen LogP contribution in [0.4, 0.5) is 26.3 Å². The molecule has 0 atom stereocenters. The van der Waals surface area contributed by atoms with Crippen LogP contribution in [0.2, 0.25) is 10.0 Å². The van der Waals surface area contributed by atoms with Gasteiger partial charge in [0.05, 0.1) is 16.1 Å². The summed E-state index contributed by atoms with van der Waals surface area (Å²) in [5, 5.41) is -0.406. The number of rotatable bonds is 1. The van der Waals surface area contributed by atoms with E-state index in [1.807, 2.05) is 0 Å². The Morgan fingerprint density at radius 2 is 1.32 bits per heavy atom. The highest BCUT2D eigenvalue weighted by Gasteiger charge is 2.33. The highest BCUT2D eigenvalue weighted by atomic mass is 35.5. The first-order valence-corrected chi connectivity index (χ1v) is 6.41. The van der Waals surface area contributed by atoms with Gasteiger partial charge in [0.2, 0.25) is 0 Å². The molecule has 8 heteroatoms. The van der Waals surface area contributed by atoms with Gasteiger partial charge in [-0.15, -0.1) is 0 Å². The second kappa shape index (κ2) is 5.66. The molecule has 0 bridgehead atoms. The molecule has 0 aliphatic heterocycles. The van der Waals surface area contributed by atoms with E-state index in [0.717, 1.165) is 12.1 Å². The zero-order chi connectivity index (χ0) is 16.7. The Hall–Kier alpha value is -1.40. The molecule has 0 spiro atoms. The largest absolute Gasteiger partial charge is 0.416 e. The highest BCUT2D eigenvalue weighted by molar-refractivity contribution is 6.36. The molecule has 0 nitrogen and oxygen atoms in total. The molecule has 2 rings (SSSR count). The summed E-state index contributed by atoms with van der Waals surface area (Å²) in [6, 6.07) is 5.76. The molecule has 0 N–H and O–H groups in total. The van der Waals surface area contributed by atoms with Crippen LogP contribution in [0.1, 0.15) is 11.1 Å². The zero-order valence-corrected chi connectivity index (χ0v) is 11.9. The highest BCUT2D eigenvalue weighted by Crippen LogP contribution is 2.40. The first kappa shape index (κ1) is 17.0. The summed E-state index contributed by atoms with van der Waals surface area (Å²) in [5.41, 5.74) is -2.64. The first-order valence-electron chi connectivity index (χ1n) is 5.65. The molecule has 0 fully saturated rings. The van der Waals surface area contributed by atoms with Crippen molar-refractivity contribution >= 4 is 23.2 Å². The average Bonchev–Trinajstić information content (AvgIpc) is 2.37. The third-order valence-corrected chi connectivity index (χ3v) is 3.44. The molecule has 2 aromatic carbocycles. The van der Waals surface area contributed by atoms with Crippen LogP contribution in [0.5, 0.6) is 0 Å². The predicted molar refractivity (Wildman–Crippen MR) is 70.7 cm³/mol. The quantitative estimate of drug-likeness (QED) is 0.511. The van der Waals surface area contributed by atoms with Crippen molar-refractivity contribution in [3.8, 4) is 11.1 Å². The van der Waals surface area contributed by atoms with Gasteiger partial charge in [-0.25, -0.2) is 0 Å². The molecule has 2 aromatic rings. The summed E-state index contributed by atoms with van der Waals surface area (Å²) < 4.78 is 76.3. The Kier molecular flexibility index (Phi) is 4.37. The van der Waals surface area contributed by atoms with E-state index in [1.165, 1.54) is 0 Å². The van der Waals surface area contributed by atoms with Crippen molar-refractivity contribution in [3.63, 3.8) is 0 Å². The van der Waals surface area contributed by atoms with Gasteiger partial charge in [-0.1, -0.05) is 23.2 Å². The first-order chi connectivity index (χ1) is 10.00. The smallest absolute Gasteiger partial charge is 0.166 e. The molecule has 0 aliphatic carbocycles. The van der Waals surface area contributed by atoms with E-state index in [1.54, 1.807) is 0 Å². The summed E-state index contributed by atoms with van der Waals surface area (Å²) >= 11 is 11.6. The molecule has 0 unspecified atom stereocenters. The third kappa shape index (κ3) is 3.50. The van der Waals surface area contributed by atoms with E-state index in [2.05, 4.69) is 6.07 Å². The van der Waals surface area contributed by atoms with Gasteiger partial charge < -0.3 is 0 Å². The normalized spacial score (nSPS) is 12.5. The fourth-order valence-electron chi connectivity index (χ4n) is 1.75.